The van der Waals surface area contributed by atoms with E-state index in [2.05, 4.69) is 180 Å². The number of hydrogen-bond donors (Lipinski definition) is 0. The first-order chi connectivity index (χ1) is 61.3. The minimum absolute atomic E-state index is 0. The third kappa shape index (κ3) is 705. The Kier molecular flexibility index (Phi) is 1110. The topological polar surface area (TPSA) is 0 Å². The summed E-state index contributed by atoms with van der Waals surface area (Å²) in [5, 5.41) is 0. The summed E-state index contributed by atoms with van der Waals surface area (Å²) in [6.45, 7) is 124. The average molecular weight is 3270 g/mol. The van der Waals surface area contributed by atoms with Crippen molar-refractivity contribution in [3.8, 4) is 0 Å². The van der Waals surface area contributed by atoms with Gasteiger partial charge in [0.25, 0.3) is 0 Å². The fourth-order valence-electron chi connectivity index (χ4n) is 8.84. The monoisotopic (exact) mass is 3270 g/mol. The Balaban J connectivity index is -0.0000000141. The Morgan fingerprint density at radius 3 is 0.107 bits per heavy atom. The van der Waals surface area contributed by atoms with Crippen LogP contribution >= 0.6 is 0 Å². The molecule has 0 spiro atoms. The summed E-state index contributed by atoms with van der Waals surface area (Å²) in [4.78, 5) is 0. The van der Waals surface area contributed by atoms with Gasteiger partial charge in [-0.15, -0.1) is 0 Å². The largest absolute Gasteiger partial charge is 0.358 e. The molecule has 0 atom stereocenters. The molecule has 10 aliphatic rings. The Hall–Kier alpha value is 16.6. The van der Waals surface area contributed by atoms with E-state index in [0.29, 0.717) is 0 Å². The molecule has 0 aliphatic heterocycles. The van der Waals surface area contributed by atoms with E-state index >= 15 is 0 Å². The van der Waals surface area contributed by atoms with Gasteiger partial charge in [0.15, 0.2) is 0 Å². The van der Waals surface area contributed by atoms with Crippen LogP contribution < -0.4 is 0 Å². The van der Waals surface area contributed by atoms with E-state index in [9.17, 15) is 0 Å². The molecule has 0 saturated heterocycles. The fourth-order valence-corrected chi connectivity index (χ4v) is 8.84. The van der Waals surface area contributed by atoms with Crippen LogP contribution in [-0.2, 0) is 491 Å². The molecule has 0 N–H and O–H groups in total. The van der Waals surface area contributed by atoms with E-state index in [-0.39, 0.29) is 550 Å². The number of rotatable bonds is 6. The summed E-state index contributed by atoms with van der Waals surface area (Å²) < 4.78 is 0. The molecule has 10 rings (SSSR count). The zero-order valence-corrected chi connectivity index (χ0v) is 165. The molecule has 0 unspecified atom stereocenters. The fraction of sp³-hybridized carbons (Fsp3) is 0.896. The quantitative estimate of drug-likeness (QED) is 0.233. The van der Waals surface area contributed by atoms with Gasteiger partial charge in [0.2, 0.25) is 0 Å². The maximum Gasteiger partial charge on any atom is 0 e. The minimum Gasteiger partial charge on any atom is -0.358 e. The Morgan fingerprint density at radius 2 is 0.101 bits per heavy atom. The van der Waals surface area contributed by atoms with Crippen molar-refractivity contribution >= 4 is 0 Å². The van der Waals surface area contributed by atoms with Gasteiger partial charge in [0.1, 0.15) is 0 Å². The van der Waals surface area contributed by atoms with E-state index in [1.54, 1.807) is 0 Å². The minimum atomic E-state index is 0. The molecule has 0 aromatic rings. The van der Waals surface area contributed by atoms with Crippen molar-refractivity contribution in [3.05, 3.63) is 94.9 Å². The predicted molar refractivity (Wildman–Crippen MR) is 688 cm³/mol. The molecule has 10 fully saturated rings. The molecule has 0 nitrogen and oxygen atoms in total. The van der Waals surface area contributed by atoms with Gasteiger partial charge in [0.05, 0.1) is 0 Å². The molecule has 0 heterocycles. The molecule has 0 aromatic carbocycles. The summed E-state index contributed by atoms with van der Waals surface area (Å²) in [5.41, 5.74) is 0. The summed E-state index contributed by atoms with van der Waals surface area (Å²) in [7, 11) is 0. The van der Waals surface area contributed by atoms with E-state index < -0.39 is 0 Å². The standard InChI is InChI=1S/10C5H10.6C5H11.4C3H8.17C2H6.8CH3.15Y/c10*1-2-4-5-3-1;6*1-4-5(2)3;4*1-3-2;17*1-2;;;;;;;;;;;;;;;;;;;;;;;/h10*1-5H2;6*4H2,1-3H3;4*3H2,1-2H3;17*1-2H3;8*1H3;;;;;;;;;;;;;;;/q;;;;;;;;;;6*-1;;;;;;;;;;;;;;;;;;;;;;8*-1;;;;;;;;;;;;;;;. The molecule has 15 heteroatoms. The molecule has 10 saturated carbocycles. The van der Waals surface area contributed by atoms with Crippen molar-refractivity contribution in [2.75, 3.05) is 0 Å². The molecule has 0 bridgehead atoms. The van der Waals surface area contributed by atoms with E-state index in [1.807, 2.05) is 235 Å². The zero-order valence-electron chi connectivity index (χ0n) is 122. The molecule has 149 heavy (non-hydrogen) atoms. The van der Waals surface area contributed by atoms with Gasteiger partial charge < -0.3 is 94.9 Å². The second-order valence-electron chi connectivity index (χ2n) is 29.9. The zero-order chi connectivity index (χ0) is 106. The van der Waals surface area contributed by atoms with E-state index in [4.69, 9.17) is 0 Å². The van der Waals surface area contributed by atoms with Crippen LogP contribution in [0, 0.1) is 94.9 Å². The van der Waals surface area contributed by atoms with Crippen molar-refractivity contribution in [1.82, 2.24) is 0 Å². The summed E-state index contributed by atoms with van der Waals surface area (Å²) >= 11 is 0. The Morgan fingerprint density at radius 1 is 0.0872 bits per heavy atom. The van der Waals surface area contributed by atoms with Crippen LogP contribution in [-0.4, -0.2) is 0 Å². The second kappa shape index (κ2) is 492. The van der Waals surface area contributed by atoms with E-state index in [1.165, 1.54) is 421 Å². The van der Waals surface area contributed by atoms with Crippen LogP contribution in [0.25, 0.3) is 0 Å². The normalized spacial score (nSPS) is 11.2. The van der Waals surface area contributed by atoms with E-state index in [0.717, 1.165) is 0 Å². The number of hydrogen-bond acceptors (Lipinski definition) is 0. The summed E-state index contributed by atoms with van der Waals surface area (Å²) in [6.07, 6.45) is 87.3. The van der Waals surface area contributed by atoms with Crippen molar-refractivity contribution in [3.63, 3.8) is 0 Å². The smallest absolute Gasteiger partial charge is 0 e. The third-order valence-electron chi connectivity index (χ3n) is 16.7. The van der Waals surface area contributed by atoms with Crippen molar-refractivity contribution in [2.45, 2.75) is 801 Å². The summed E-state index contributed by atoms with van der Waals surface area (Å²) in [5.74, 6) is 9.03. The van der Waals surface area contributed by atoms with Gasteiger partial charge in [0, 0.05) is 491 Å². The van der Waals surface area contributed by atoms with Crippen LogP contribution in [0.4, 0.5) is 0 Å². The maximum absolute atomic E-state index is 2.16. The van der Waals surface area contributed by atoms with Crippen LogP contribution in [0.5, 0.6) is 0 Å². The second-order valence-corrected chi connectivity index (χ2v) is 29.9. The Bertz CT molecular complexity index is 686. The molecular weight excluding hydrogens is 2940 g/mol. The summed E-state index contributed by atoms with van der Waals surface area (Å²) in [6, 6.07) is 0. The third-order valence-corrected chi connectivity index (χ3v) is 16.7. The van der Waals surface area contributed by atoms with Gasteiger partial charge in [-0.25, -0.2) is 0 Å². The Labute approximate surface area is 1360 Å². The van der Waals surface area contributed by atoms with Crippen molar-refractivity contribution in [1.29, 1.82) is 0 Å². The SMILES string of the molecule is C1CCCC1.C1CCCC1.C1CCCC1.C1CCCC1.C1CCCC1.C1CCCC1.C1CCCC1.C1CCCC1.C1CCCC1.C1CCCC1.CC.CC.CC.CC.CC.CC.CC.CC.CC.CC.CC.CC.CC.CC.CC.CC.CC.CCC.CCC.CCC.CCC.CC[C-](C)C.CC[C-](C)C.CC[C-](C)C.CC[C-](C)C.CC[C-](C)C.CC[C-](C)C.[CH3-].[CH3-].[CH3-].[CH3-].[CH3-].[CH3-].[CH3-].[CH3-].[Y].[Y].[Y].[Y].[Y].[Y].[Y].[Y].[Y].[Y].[Y].[Y].[Y].[Y].[Y]. The van der Waals surface area contributed by atoms with Crippen LogP contribution in [0.1, 0.15) is 801 Å². The van der Waals surface area contributed by atoms with Gasteiger partial charge in [-0.1, -0.05) is 679 Å². The van der Waals surface area contributed by atoms with Crippen molar-refractivity contribution < 1.29 is 491 Å². The van der Waals surface area contributed by atoms with Gasteiger partial charge >= 0.3 is 0 Å². The van der Waals surface area contributed by atoms with Crippen LogP contribution in [0.2, 0.25) is 0 Å². The molecular formula is C134H324Y15-14. The average Bonchev–Trinajstić information content (AvgIpc) is 2.07. The molecule has 15 radical (unpaired) electrons. The first kappa shape index (κ1) is 336. The predicted octanol–water partition coefficient (Wildman–Crippen LogP) is 58.2. The molecule has 0 aromatic heterocycles. The van der Waals surface area contributed by atoms with Gasteiger partial charge in [-0.3, -0.25) is 0 Å². The van der Waals surface area contributed by atoms with Crippen LogP contribution in [0.3, 0.4) is 0 Å². The van der Waals surface area contributed by atoms with Crippen molar-refractivity contribution in [2.24, 2.45) is 0 Å². The first-order valence-electron chi connectivity index (χ1n) is 60.0. The molecule has 10 aliphatic carbocycles. The van der Waals surface area contributed by atoms with Gasteiger partial charge in [-0.2, -0.15) is 122 Å². The maximum atomic E-state index is 2.16. The van der Waals surface area contributed by atoms with Crippen LogP contribution in [0.15, 0.2) is 0 Å². The molecule has 0 amide bonds. The first-order valence-corrected chi connectivity index (χ1v) is 60.0. The molecule has 919 valence electrons. The van der Waals surface area contributed by atoms with Gasteiger partial charge in [-0.05, 0) is 0 Å².